The molecule has 160 valence electrons. The van der Waals surface area contributed by atoms with Crippen molar-refractivity contribution >= 4 is 17.8 Å². The number of carbonyl (C=O) groups excluding carboxylic acids is 2. The van der Waals surface area contributed by atoms with Crippen molar-refractivity contribution in [1.82, 2.24) is 30.3 Å². The summed E-state index contributed by atoms with van der Waals surface area (Å²) in [5.74, 6) is 2.84. The summed E-state index contributed by atoms with van der Waals surface area (Å²) in [6, 6.07) is 0. The highest BCUT2D eigenvalue weighted by atomic mass is 16.2. The number of hydrogen-bond donors (Lipinski definition) is 2. The summed E-state index contributed by atoms with van der Waals surface area (Å²) in [5, 5.41) is 15.1. The number of fused-ring (bicyclic) bond motifs is 6. The third kappa shape index (κ3) is 3.20. The lowest BCUT2D eigenvalue weighted by molar-refractivity contribution is -0.140. The highest BCUT2D eigenvalue weighted by Crippen LogP contribution is 2.52. The molecule has 1 aromatic heterocycles. The number of nitrogens with zero attached hydrogens (tertiary/aromatic N) is 5. The predicted octanol–water partition coefficient (Wildman–Crippen LogP) is 0.477. The quantitative estimate of drug-likeness (QED) is 0.316. The zero-order valence-electron chi connectivity index (χ0n) is 17.4. The van der Waals surface area contributed by atoms with Gasteiger partial charge in [-0.25, -0.2) is 0 Å². The van der Waals surface area contributed by atoms with Gasteiger partial charge in [-0.05, 0) is 31.1 Å². The van der Waals surface area contributed by atoms with Gasteiger partial charge in [0, 0.05) is 33.1 Å². The number of allylic oxidation sites excluding steroid dienone is 2. The van der Waals surface area contributed by atoms with Crippen LogP contribution in [0.15, 0.2) is 17.1 Å². The van der Waals surface area contributed by atoms with E-state index in [0.717, 1.165) is 37.5 Å². The first-order valence-electron chi connectivity index (χ1n) is 11.1. The van der Waals surface area contributed by atoms with E-state index in [4.69, 9.17) is 0 Å². The van der Waals surface area contributed by atoms with Gasteiger partial charge in [0.1, 0.15) is 5.82 Å². The lowest BCUT2D eigenvalue weighted by atomic mass is 9.85. The number of nitrogens with one attached hydrogen (secondary N) is 2. The molecular formula is C21H29N7O2. The zero-order chi connectivity index (χ0) is 20.7. The number of likely N-dealkylation sites (tertiary alicyclic amines) is 1. The van der Waals surface area contributed by atoms with E-state index in [1.807, 2.05) is 0 Å². The second-order valence-corrected chi connectivity index (χ2v) is 8.68. The molecule has 2 aliphatic heterocycles. The van der Waals surface area contributed by atoms with Crippen LogP contribution in [0.3, 0.4) is 0 Å². The van der Waals surface area contributed by atoms with E-state index in [9.17, 15) is 9.59 Å². The van der Waals surface area contributed by atoms with Crippen LogP contribution in [0.25, 0.3) is 0 Å². The summed E-state index contributed by atoms with van der Waals surface area (Å²) >= 11 is 0. The van der Waals surface area contributed by atoms with Crippen LogP contribution in [0.4, 0.5) is 0 Å². The van der Waals surface area contributed by atoms with Crippen molar-refractivity contribution in [3.05, 3.63) is 23.8 Å². The minimum atomic E-state index is -0.131. The Labute approximate surface area is 176 Å². The van der Waals surface area contributed by atoms with Gasteiger partial charge in [0.25, 0.3) is 0 Å². The van der Waals surface area contributed by atoms with Gasteiger partial charge in [-0.15, -0.1) is 10.2 Å². The summed E-state index contributed by atoms with van der Waals surface area (Å²) in [6.45, 7) is 2.33. The van der Waals surface area contributed by atoms with Gasteiger partial charge in [0.15, 0.2) is 11.8 Å². The first kappa shape index (κ1) is 19.3. The smallest absolute Gasteiger partial charge is 0.233 e. The third-order valence-corrected chi connectivity index (χ3v) is 7.01. The van der Waals surface area contributed by atoms with Crippen molar-refractivity contribution in [3.8, 4) is 0 Å². The van der Waals surface area contributed by atoms with Gasteiger partial charge >= 0.3 is 0 Å². The number of imide groups is 1. The van der Waals surface area contributed by atoms with Crippen LogP contribution < -0.4 is 10.6 Å². The Hall–Kier alpha value is -2.71. The Morgan fingerprint density at radius 2 is 1.87 bits per heavy atom. The second kappa shape index (κ2) is 7.85. The summed E-state index contributed by atoms with van der Waals surface area (Å²) < 4.78 is 2.20. The molecule has 4 aliphatic rings. The maximum Gasteiger partial charge on any atom is 0.233 e. The van der Waals surface area contributed by atoms with Crippen LogP contribution in [0.5, 0.6) is 0 Å². The summed E-state index contributed by atoms with van der Waals surface area (Å²) in [7, 11) is 1.71. The van der Waals surface area contributed by atoms with Gasteiger partial charge in [-0.2, -0.15) is 0 Å². The fraction of sp³-hybridized carbons (Fsp3) is 0.667. The van der Waals surface area contributed by atoms with Crippen molar-refractivity contribution in [2.75, 3.05) is 20.1 Å². The molecule has 2 aliphatic carbocycles. The topological polar surface area (TPSA) is 105 Å². The molecule has 9 heteroatoms. The summed E-state index contributed by atoms with van der Waals surface area (Å²) in [6.07, 6.45) is 9.74. The standard InChI is InChI=1S/C21H29N7O2/c1-22-21(24-12-16-26-25-15-5-3-2-4-9-27(15)16)23-8-10-28-19(29)17-13-6-7-14(11-13)18(17)20(28)30/h6-7,13-14,17-18H,2-5,8-12H2,1H3,(H2,22,23,24). The van der Waals surface area contributed by atoms with Crippen LogP contribution in [0.2, 0.25) is 0 Å². The van der Waals surface area contributed by atoms with Crippen LogP contribution >= 0.6 is 0 Å². The van der Waals surface area contributed by atoms with E-state index >= 15 is 0 Å². The van der Waals surface area contributed by atoms with Gasteiger partial charge in [0.05, 0.1) is 18.4 Å². The number of carbonyl (C=O) groups is 2. The first-order chi connectivity index (χ1) is 14.7. The third-order valence-electron chi connectivity index (χ3n) is 7.01. The molecule has 0 radical (unpaired) electrons. The molecule has 5 rings (SSSR count). The number of guanidine groups is 1. The number of amides is 2. The molecule has 1 saturated carbocycles. The minimum absolute atomic E-state index is 0.00208. The average Bonchev–Trinajstić information content (AvgIpc) is 3.48. The minimum Gasteiger partial charge on any atom is -0.355 e. The number of aromatic nitrogens is 3. The Bertz CT molecular complexity index is 875. The summed E-state index contributed by atoms with van der Waals surface area (Å²) in [4.78, 5) is 31.2. The van der Waals surface area contributed by atoms with E-state index in [1.54, 1.807) is 7.05 Å². The number of aliphatic imine (C=N–C) groups is 1. The lowest BCUT2D eigenvalue weighted by Gasteiger charge is -2.18. The zero-order valence-corrected chi connectivity index (χ0v) is 17.4. The highest BCUT2D eigenvalue weighted by Gasteiger charge is 2.58. The summed E-state index contributed by atoms with van der Waals surface area (Å²) in [5.41, 5.74) is 0. The van der Waals surface area contributed by atoms with Crippen molar-refractivity contribution in [3.63, 3.8) is 0 Å². The van der Waals surface area contributed by atoms with Gasteiger partial charge < -0.3 is 15.2 Å². The Morgan fingerprint density at radius 1 is 1.10 bits per heavy atom. The van der Waals surface area contributed by atoms with E-state index in [2.05, 4.69) is 42.5 Å². The van der Waals surface area contributed by atoms with Crippen LogP contribution in [-0.4, -0.2) is 57.6 Å². The van der Waals surface area contributed by atoms with E-state index < -0.39 is 0 Å². The van der Waals surface area contributed by atoms with Crippen molar-refractivity contribution in [2.24, 2.45) is 28.7 Å². The van der Waals surface area contributed by atoms with Crippen molar-refractivity contribution in [1.29, 1.82) is 0 Å². The van der Waals surface area contributed by atoms with E-state index in [0.29, 0.717) is 25.6 Å². The molecule has 4 unspecified atom stereocenters. The van der Waals surface area contributed by atoms with Crippen LogP contribution in [0.1, 0.15) is 37.3 Å². The predicted molar refractivity (Wildman–Crippen MR) is 110 cm³/mol. The molecule has 4 atom stereocenters. The molecule has 0 aromatic carbocycles. The Balaban J connectivity index is 1.13. The van der Waals surface area contributed by atoms with Crippen LogP contribution in [0, 0.1) is 23.7 Å². The van der Waals surface area contributed by atoms with Gasteiger partial charge in [-0.1, -0.05) is 18.6 Å². The normalized spacial score (nSPS) is 29.9. The number of aryl methyl sites for hydroxylation is 1. The molecule has 1 aromatic rings. The maximum atomic E-state index is 12.8. The molecular weight excluding hydrogens is 382 g/mol. The molecule has 2 amide bonds. The maximum absolute atomic E-state index is 12.8. The Morgan fingerprint density at radius 3 is 2.60 bits per heavy atom. The fourth-order valence-electron chi connectivity index (χ4n) is 5.53. The van der Waals surface area contributed by atoms with E-state index in [-0.39, 0.29) is 35.5 Å². The van der Waals surface area contributed by atoms with Gasteiger partial charge in [-0.3, -0.25) is 19.5 Å². The van der Waals surface area contributed by atoms with Crippen molar-refractivity contribution in [2.45, 2.75) is 45.2 Å². The molecule has 0 spiro atoms. The molecule has 2 bridgehead atoms. The lowest BCUT2D eigenvalue weighted by Crippen LogP contribution is -2.43. The van der Waals surface area contributed by atoms with E-state index in [1.165, 1.54) is 17.7 Å². The molecule has 3 heterocycles. The highest BCUT2D eigenvalue weighted by molar-refractivity contribution is 6.06. The second-order valence-electron chi connectivity index (χ2n) is 8.68. The van der Waals surface area contributed by atoms with Crippen molar-refractivity contribution < 1.29 is 9.59 Å². The fourth-order valence-corrected chi connectivity index (χ4v) is 5.53. The largest absolute Gasteiger partial charge is 0.355 e. The molecule has 2 fully saturated rings. The average molecular weight is 412 g/mol. The van der Waals surface area contributed by atoms with Gasteiger partial charge in [0.2, 0.25) is 11.8 Å². The number of hydrogen-bond acceptors (Lipinski definition) is 5. The molecule has 2 N–H and O–H groups in total. The molecule has 9 nitrogen and oxygen atoms in total. The Kier molecular flexibility index (Phi) is 5.04. The SMILES string of the molecule is CN=C(NCCN1C(=O)C2C3C=CC(C3)C2C1=O)NCc1nnc2n1CCCCC2. The monoisotopic (exact) mass is 411 g/mol. The molecule has 1 saturated heterocycles. The first-order valence-corrected chi connectivity index (χ1v) is 11.1. The van der Waals surface area contributed by atoms with Crippen LogP contribution in [-0.2, 0) is 29.1 Å². The molecule has 30 heavy (non-hydrogen) atoms. The number of rotatable bonds is 5.